The van der Waals surface area contributed by atoms with Crippen LogP contribution in [0.25, 0.3) is 11.1 Å². The predicted molar refractivity (Wildman–Crippen MR) is 121 cm³/mol. The average molecular weight is 410 g/mol. The van der Waals surface area contributed by atoms with Crippen molar-refractivity contribution in [3.63, 3.8) is 0 Å². The van der Waals surface area contributed by atoms with Gasteiger partial charge in [-0.2, -0.15) is 0 Å². The van der Waals surface area contributed by atoms with Crippen LogP contribution in [0, 0.1) is 11.8 Å². The SMILES string of the molecule is CC(=O)c1cc(C#CCNC(=O)OCC2c3ccccc3-c3ccccc32)ccc1N. The van der Waals surface area contributed by atoms with E-state index in [-0.39, 0.29) is 24.9 Å². The highest BCUT2D eigenvalue weighted by Gasteiger charge is 2.28. The molecule has 0 fully saturated rings. The lowest BCUT2D eigenvalue weighted by Crippen LogP contribution is -2.26. The Morgan fingerprint density at radius 1 is 1.00 bits per heavy atom. The largest absolute Gasteiger partial charge is 0.449 e. The summed E-state index contributed by atoms with van der Waals surface area (Å²) in [5.74, 6) is 5.69. The topological polar surface area (TPSA) is 81.4 Å². The first-order valence-corrected chi connectivity index (χ1v) is 10.0. The van der Waals surface area contributed by atoms with E-state index in [4.69, 9.17) is 10.5 Å². The van der Waals surface area contributed by atoms with Gasteiger partial charge in [-0.15, -0.1) is 0 Å². The molecule has 3 aromatic rings. The smallest absolute Gasteiger partial charge is 0.407 e. The Balaban J connectivity index is 1.35. The Bertz CT molecular complexity index is 1180. The van der Waals surface area contributed by atoms with Crippen LogP contribution in [0.2, 0.25) is 0 Å². The predicted octanol–water partition coefficient (Wildman–Crippen LogP) is 4.36. The minimum atomic E-state index is -0.516. The van der Waals surface area contributed by atoms with Crippen molar-refractivity contribution in [1.29, 1.82) is 0 Å². The van der Waals surface area contributed by atoms with Crippen molar-refractivity contribution in [3.8, 4) is 23.0 Å². The van der Waals surface area contributed by atoms with Gasteiger partial charge in [-0.3, -0.25) is 4.79 Å². The number of hydrogen-bond donors (Lipinski definition) is 2. The Morgan fingerprint density at radius 3 is 2.29 bits per heavy atom. The fourth-order valence-electron chi connectivity index (χ4n) is 3.85. The normalized spacial score (nSPS) is 11.6. The van der Waals surface area contributed by atoms with Gasteiger partial charge in [-0.05, 0) is 47.4 Å². The first-order chi connectivity index (χ1) is 15.0. The van der Waals surface area contributed by atoms with E-state index in [0.717, 1.165) is 0 Å². The molecule has 0 spiro atoms. The standard InChI is InChI=1S/C26H22N2O3/c1-17(29)23-15-18(12-13-25(23)27)7-6-14-28-26(30)31-16-24-21-10-4-2-8-19(21)20-9-3-5-11-22(20)24/h2-5,8-13,15,24H,14,16,27H2,1H3,(H,28,30). The molecule has 0 bridgehead atoms. The number of fused-ring (bicyclic) bond motifs is 3. The zero-order valence-electron chi connectivity index (χ0n) is 17.1. The minimum absolute atomic E-state index is 0.0176. The molecule has 0 saturated heterocycles. The second-order valence-corrected chi connectivity index (χ2v) is 7.34. The summed E-state index contributed by atoms with van der Waals surface area (Å²) in [7, 11) is 0. The number of carbonyl (C=O) groups excluding carboxylic acids is 2. The maximum absolute atomic E-state index is 12.2. The molecule has 0 aliphatic heterocycles. The molecule has 1 aliphatic carbocycles. The van der Waals surface area contributed by atoms with E-state index >= 15 is 0 Å². The third kappa shape index (κ3) is 4.29. The first kappa shape index (κ1) is 20.2. The van der Waals surface area contributed by atoms with Gasteiger partial charge < -0.3 is 15.8 Å². The van der Waals surface area contributed by atoms with E-state index < -0.39 is 6.09 Å². The summed E-state index contributed by atoms with van der Waals surface area (Å²) in [4.78, 5) is 23.7. The van der Waals surface area contributed by atoms with Crippen molar-refractivity contribution in [1.82, 2.24) is 5.32 Å². The lowest BCUT2D eigenvalue weighted by atomic mass is 9.98. The number of Topliss-reactive ketones (excluding diaryl/α,β-unsaturated/α-hetero) is 1. The highest BCUT2D eigenvalue weighted by Crippen LogP contribution is 2.44. The Labute approximate surface area is 181 Å². The number of ether oxygens (including phenoxy) is 1. The van der Waals surface area contributed by atoms with Crippen molar-refractivity contribution < 1.29 is 14.3 Å². The molecule has 0 heterocycles. The number of amides is 1. The van der Waals surface area contributed by atoms with Crippen LogP contribution in [0.4, 0.5) is 10.5 Å². The van der Waals surface area contributed by atoms with Gasteiger partial charge in [0.25, 0.3) is 0 Å². The Morgan fingerprint density at radius 2 is 1.65 bits per heavy atom. The van der Waals surface area contributed by atoms with Crippen LogP contribution in [0.15, 0.2) is 66.7 Å². The molecule has 1 aliphatic rings. The molecule has 0 saturated carbocycles. The molecule has 5 nitrogen and oxygen atoms in total. The molecule has 5 heteroatoms. The molecule has 0 atom stereocenters. The van der Waals surface area contributed by atoms with Crippen LogP contribution in [0.5, 0.6) is 0 Å². The number of nitrogen functional groups attached to an aromatic ring is 1. The summed E-state index contributed by atoms with van der Waals surface area (Å²) in [6.45, 7) is 1.85. The van der Waals surface area contributed by atoms with E-state index in [0.29, 0.717) is 16.8 Å². The third-order valence-corrected chi connectivity index (χ3v) is 5.33. The monoisotopic (exact) mass is 410 g/mol. The van der Waals surface area contributed by atoms with Crippen LogP contribution in [0.3, 0.4) is 0 Å². The number of alkyl carbamates (subject to hydrolysis) is 1. The second-order valence-electron chi connectivity index (χ2n) is 7.34. The number of anilines is 1. The molecule has 4 rings (SSSR count). The number of benzene rings is 3. The number of ketones is 1. The van der Waals surface area contributed by atoms with Crippen molar-refractivity contribution in [2.45, 2.75) is 12.8 Å². The Hall–Kier alpha value is -4.04. The van der Waals surface area contributed by atoms with E-state index in [1.165, 1.54) is 29.2 Å². The number of nitrogens with two attached hydrogens (primary N) is 1. The first-order valence-electron chi connectivity index (χ1n) is 10.0. The van der Waals surface area contributed by atoms with E-state index in [1.807, 2.05) is 24.3 Å². The van der Waals surface area contributed by atoms with E-state index in [1.54, 1.807) is 18.2 Å². The van der Waals surface area contributed by atoms with Gasteiger partial charge in [0, 0.05) is 22.7 Å². The minimum Gasteiger partial charge on any atom is -0.449 e. The molecule has 0 radical (unpaired) electrons. The lowest BCUT2D eigenvalue weighted by molar-refractivity contribution is 0.101. The van der Waals surface area contributed by atoms with E-state index in [2.05, 4.69) is 41.4 Å². The van der Waals surface area contributed by atoms with Gasteiger partial charge in [0.1, 0.15) is 6.61 Å². The zero-order valence-corrected chi connectivity index (χ0v) is 17.1. The zero-order chi connectivity index (χ0) is 21.8. The number of carbonyl (C=O) groups is 2. The fraction of sp³-hybridized carbons (Fsp3) is 0.154. The van der Waals surface area contributed by atoms with Crippen molar-refractivity contribution in [3.05, 3.63) is 89.0 Å². The quantitative estimate of drug-likeness (QED) is 0.380. The van der Waals surface area contributed by atoms with Gasteiger partial charge in [0.05, 0.1) is 6.54 Å². The van der Waals surface area contributed by atoms with Crippen LogP contribution >= 0.6 is 0 Å². The highest BCUT2D eigenvalue weighted by atomic mass is 16.5. The Kier molecular flexibility index (Phi) is 5.72. The number of nitrogens with one attached hydrogen (secondary N) is 1. The lowest BCUT2D eigenvalue weighted by Gasteiger charge is -2.14. The molecular formula is C26H22N2O3. The van der Waals surface area contributed by atoms with Crippen LogP contribution in [0.1, 0.15) is 39.9 Å². The summed E-state index contributed by atoms with van der Waals surface area (Å²) < 4.78 is 5.48. The summed E-state index contributed by atoms with van der Waals surface area (Å²) in [6.07, 6.45) is -0.516. The number of rotatable bonds is 4. The van der Waals surface area contributed by atoms with Gasteiger partial charge in [-0.25, -0.2) is 4.79 Å². The van der Waals surface area contributed by atoms with Gasteiger partial charge in [-0.1, -0.05) is 60.4 Å². The molecular weight excluding hydrogens is 388 g/mol. The summed E-state index contributed by atoms with van der Waals surface area (Å²) in [5.41, 5.74) is 12.0. The van der Waals surface area contributed by atoms with Gasteiger partial charge in [0.15, 0.2) is 5.78 Å². The molecule has 1 amide bonds. The van der Waals surface area contributed by atoms with E-state index in [9.17, 15) is 9.59 Å². The molecule has 0 aromatic heterocycles. The third-order valence-electron chi connectivity index (χ3n) is 5.33. The van der Waals surface area contributed by atoms with Crippen LogP contribution in [-0.4, -0.2) is 25.0 Å². The maximum atomic E-state index is 12.2. The molecule has 31 heavy (non-hydrogen) atoms. The highest BCUT2D eigenvalue weighted by molar-refractivity contribution is 5.99. The average Bonchev–Trinajstić information content (AvgIpc) is 3.10. The molecule has 0 unspecified atom stereocenters. The summed E-state index contributed by atoms with van der Waals surface area (Å²) in [5, 5.41) is 2.65. The van der Waals surface area contributed by atoms with Crippen molar-refractivity contribution in [2.24, 2.45) is 0 Å². The van der Waals surface area contributed by atoms with Crippen molar-refractivity contribution >= 4 is 17.6 Å². The van der Waals surface area contributed by atoms with Gasteiger partial charge >= 0.3 is 6.09 Å². The fourth-order valence-corrected chi connectivity index (χ4v) is 3.85. The van der Waals surface area contributed by atoms with Crippen LogP contribution < -0.4 is 11.1 Å². The van der Waals surface area contributed by atoms with Gasteiger partial charge in [0.2, 0.25) is 0 Å². The second kappa shape index (κ2) is 8.76. The summed E-state index contributed by atoms with van der Waals surface area (Å²) >= 11 is 0. The molecule has 3 N–H and O–H groups in total. The maximum Gasteiger partial charge on any atom is 0.407 e. The molecule has 3 aromatic carbocycles. The van der Waals surface area contributed by atoms with Crippen molar-refractivity contribution in [2.75, 3.05) is 18.9 Å². The number of hydrogen-bond acceptors (Lipinski definition) is 4. The van der Waals surface area contributed by atoms with Crippen LogP contribution in [-0.2, 0) is 4.74 Å². The summed E-state index contributed by atoms with van der Waals surface area (Å²) in [6, 6.07) is 21.4. The molecule has 154 valence electrons.